The molecule has 1 heterocycles. The Kier molecular flexibility index (Phi) is 6.58. The number of hydrogen-bond donors (Lipinski definition) is 1. The smallest absolute Gasteiger partial charge is 0.241 e. The van der Waals surface area contributed by atoms with Gasteiger partial charge in [0.1, 0.15) is 12.4 Å². The van der Waals surface area contributed by atoms with Crippen LogP contribution in [0.2, 0.25) is 0 Å². The minimum Gasteiger partial charge on any atom is -0.350 e. The maximum atomic E-state index is 12.5. The van der Waals surface area contributed by atoms with Crippen molar-refractivity contribution >= 4 is 44.2 Å². The zero-order valence-electron chi connectivity index (χ0n) is 16.0. The van der Waals surface area contributed by atoms with Crippen LogP contribution >= 0.6 is 22.6 Å². The van der Waals surface area contributed by atoms with Crippen LogP contribution in [0.3, 0.4) is 0 Å². The van der Waals surface area contributed by atoms with Crippen LogP contribution in [-0.2, 0) is 21.4 Å². The molecule has 29 heavy (non-hydrogen) atoms. The Morgan fingerprint density at radius 1 is 1.17 bits per heavy atom. The summed E-state index contributed by atoms with van der Waals surface area (Å²) in [4.78, 5) is 16.8. The third-order valence-electron chi connectivity index (χ3n) is 4.36. The van der Waals surface area contributed by atoms with E-state index < -0.39 is 10.0 Å². The van der Waals surface area contributed by atoms with E-state index in [0.717, 1.165) is 31.2 Å². The number of carbonyl (C=O) groups excluding carboxylic acids is 1. The van der Waals surface area contributed by atoms with Gasteiger partial charge in [-0.15, -0.1) is 0 Å². The number of rotatable bonds is 7. The Balaban J connectivity index is 1.74. The molecule has 0 unspecified atom stereocenters. The van der Waals surface area contributed by atoms with Gasteiger partial charge in [0, 0.05) is 22.5 Å². The molecule has 1 amide bonds. The molecule has 3 rings (SSSR count). The van der Waals surface area contributed by atoms with Crippen LogP contribution in [0.4, 0.5) is 5.69 Å². The first-order valence-electron chi connectivity index (χ1n) is 8.84. The van der Waals surface area contributed by atoms with E-state index in [4.69, 9.17) is 0 Å². The van der Waals surface area contributed by atoms with Gasteiger partial charge in [0.2, 0.25) is 15.9 Å². The number of aromatic nitrogens is 2. The van der Waals surface area contributed by atoms with E-state index >= 15 is 0 Å². The van der Waals surface area contributed by atoms with Crippen molar-refractivity contribution < 1.29 is 13.2 Å². The number of aryl methyl sites for hydroxylation is 1. The summed E-state index contributed by atoms with van der Waals surface area (Å²) in [5.41, 5.74) is 2.28. The first-order valence-corrected chi connectivity index (χ1v) is 11.8. The highest BCUT2D eigenvalue weighted by Gasteiger charge is 2.21. The molecule has 3 aromatic rings. The number of imidazole rings is 1. The normalized spacial score (nSPS) is 11.3. The SMILES string of the molecule is Cc1nccn1-c1ccccc1CNC(=O)CN(c1ccc(I)cc1)S(C)(=O)=O. The summed E-state index contributed by atoms with van der Waals surface area (Å²) in [5.74, 6) is 0.455. The highest BCUT2D eigenvalue weighted by atomic mass is 127. The Bertz CT molecular complexity index is 1110. The second kappa shape index (κ2) is 8.95. The van der Waals surface area contributed by atoms with Crippen LogP contribution in [0.25, 0.3) is 5.69 Å². The highest BCUT2D eigenvalue weighted by molar-refractivity contribution is 14.1. The molecule has 0 fully saturated rings. The number of anilines is 1. The molecule has 1 aromatic heterocycles. The summed E-state index contributed by atoms with van der Waals surface area (Å²) in [6, 6.07) is 14.7. The molecule has 0 atom stereocenters. The lowest BCUT2D eigenvalue weighted by Crippen LogP contribution is -2.40. The third-order valence-corrected chi connectivity index (χ3v) is 6.21. The number of sulfonamides is 1. The van der Waals surface area contributed by atoms with Gasteiger partial charge in [-0.1, -0.05) is 18.2 Å². The average molecular weight is 524 g/mol. The lowest BCUT2D eigenvalue weighted by atomic mass is 10.1. The summed E-state index contributed by atoms with van der Waals surface area (Å²) in [5, 5.41) is 2.82. The van der Waals surface area contributed by atoms with Crippen LogP contribution < -0.4 is 9.62 Å². The van der Waals surface area contributed by atoms with Crippen molar-refractivity contribution in [2.45, 2.75) is 13.5 Å². The van der Waals surface area contributed by atoms with Crippen LogP contribution in [0.1, 0.15) is 11.4 Å². The second-order valence-electron chi connectivity index (χ2n) is 6.50. The maximum absolute atomic E-state index is 12.5. The molecular formula is C20H21IN4O3S. The van der Waals surface area contributed by atoms with Crippen molar-refractivity contribution in [1.29, 1.82) is 0 Å². The molecule has 0 bridgehead atoms. The number of hydrogen-bond acceptors (Lipinski definition) is 4. The topological polar surface area (TPSA) is 84.3 Å². The number of para-hydroxylation sites is 1. The highest BCUT2D eigenvalue weighted by Crippen LogP contribution is 2.19. The predicted molar refractivity (Wildman–Crippen MR) is 121 cm³/mol. The van der Waals surface area contributed by atoms with Crippen molar-refractivity contribution in [3.63, 3.8) is 0 Å². The predicted octanol–water partition coefficient (Wildman–Crippen LogP) is 2.87. The fourth-order valence-electron chi connectivity index (χ4n) is 2.92. The second-order valence-corrected chi connectivity index (χ2v) is 9.65. The Labute approximate surface area is 184 Å². The fraction of sp³-hybridized carbons (Fsp3) is 0.200. The summed E-state index contributed by atoms with van der Waals surface area (Å²) in [7, 11) is -3.60. The monoisotopic (exact) mass is 524 g/mol. The number of halogens is 1. The summed E-state index contributed by atoms with van der Waals surface area (Å²) in [6.07, 6.45) is 4.67. The molecule has 0 radical (unpaired) electrons. The van der Waals surface area contributed by atoms with Crippen molar-refractivity contribution in [2.75, 3.05) is 17.1 Å². The van der Waals surface area contributed by atoms with Crippen LogP contribution in [0.15, 0.2) is 60.9 Å². The van der Waals surface area contributed by atoms with E-state index in [-0.39, 0.29) is 19.0 Å². The van der Waals surface area contributed by atoms with Gasteiger partial charge in [0.25, 0.3) is 0 Å². The van der Waals surface area contributed by atoms with Gasteiger partial charge >= 0.3 is 0 Å². The molecule has 0 spiro atoms. The standard InChI is InChI=1S/C20H21IN4O3S/c1-15-22-11-12-24(15)19-6-4-3-5-16(19)13-23-20(26)14-25(29(2,27)28)18-9-7-17(21)8-10-18/h3-12H,13-14H2,1-2H3,(H,23,26). The third kappa shape index (κ3) is 5.36. The number of benzene rings is 2. The molecule has 0 aliphatic heterocycles. The minimum atomic E-state index is -3.60. The molecule has 0 saturated carbocycles. The van der Waals surface area contributed by atoms with Gasteiger partial charge in [-0.05, 0) is 65.4 Å². The van der Waals surface area contributed by atoms with E-state index in [1.165, 1.54) is 0 Å². The largest absolute Gasteiger partial charge is 0.350 e. The number of amides is 1. The zero-order chi connectivity index (χ0) is 21.0. The minimum absolute atomic E-state index is 0.275. The maximum Gasteiger partial charge on any atom is 0.241 e. The van der Waals surface area contributed by atoms with Gasteiger partial charge in [-0.2, -0.15) is 0 Å². The van der Waals surface area contributed by atoms with Crippen LogP contribution in [0.5, 0.6) is 0 Å². The Morgan fingerprint density at radius 3 is 2.48 bits per heavy atom. The Morgan fingerprint density at radius 2 is 1.86 bits per heavy atom. The molecular weight excluding hydrogens is 503 g/mol. The van der Waals surface area contributed by atoms with E-state index in [1.54, 1.807) is 30.5 Å². The number of carbonyl (C=O) groups is 1. The molecule has 0 saturated heterocycles. The van der Waals surface area contributed by atoms with Gasteiger partial charge in [-0.25, -0.2) is 13.4 Å². The summed E-state index contributed by atoms with van der Waals surface area (Å²) in [6.45, 7) is 1.89. The van der Waals surface area contributed by atoms with Gasteiger partial charge in [0.05, 0.1) is 17.6 Å². The van der Waals surface area contributed by atoms with E-state index in [2.05, 4.69) is 32.9 Å². The average Bonchev–Trinajstić information content (AvgIpc) is 3.10. The number of nitrogens with zero attached hydrogens (tertiary/aromatic N) is 3. The van der Waals surface area contributed by atoms with Crippen molar-refractivity contribution in [3.05, 3.63) is 75.9 Å². The van der Waals surface area contributed by atoms with E-state index in [1.807, 2.05) is 42.0 Å². The summed E-state index contributed by atoms with van der Waals surface area (Å²) < 4.78 is 28.4. The Hall–Kier alpha value is -2.40. The first kappa shape index (κ1) is 21.3. The van der Waals surface area contributed by atoms with Gasteiger partial charge in [0.15, 0.2) is 0 Å². The summed E-state index contributed by atoms with van der Waals surface area (Å²) >= 11 is 2.14. The van der Waals surface area contributed by atoms with Gasteiger partial charge in [-0.3, -0.25) is 9.10 Å². The molecule has 2 aromatic carbocycles. The van der Waals surface area contributed by atoms with Crippen LogP contribution in [-0.4, -0.2) is 36.7 Å². The zero-order valence-corrected chi connectivity index (χ0v) is 19.0. The molecule has 0 aliphatic rings. The van der Waals surface area contributed by atoms with Crippen molar-refractivity contribution in [3.8, 4) is 5.69 Å². The van der Waals surface area contributed by atoms with E-state index in [9.17, 15) is 13.2 Å². The molecule has 0 aliphatic carbocycles. The lowest BCUT2D eigenvalue weighted by molar-refractivity contribution is -0.119. The van der Waals surface area contributed by atoms with Gasteiger partial charge < -0.3 is 9.88 Å². The molecule has 7 nitrogen and oxygen atoms in total. The lowest BCUT2D eigenvalue weighted by Gasteiger charge is -2.22. The molecule has 152 valence electrons. The molecule has 9 heteroatoms. The van der Waals surface area contributed by atoms with Crippen molar-refractivity contribution in [2.24, 2.45) is 0 Å². The van der Waals surface area contributed by atoms with Crippen LogP contribution in [0, 0.1) is 10.5 Å². The van der Waals surface area contributed by atoms with Crippen molar-refractivity contribution in [1.82, 2.24) is 14.9 Å². The fourth-order valence-corrected chi connectivity index (χ4v) is 4.13. The molecule has 1 N–H and O–H groups in total. The quantitative estimate of drug-likeness (QED) is 0.482. The number of nitrogens with one attached hydrogen (secondary N) is 1. The van der Waals surface area contributed by atoms with E-state index in [0.29, 0.717) is 5.69 Å². The first-order chi connectivity index (χ1) is 13.8.